The predicted molar refractivity (Wildman–Crippen MR) is 49.2 cm³/mol. The maximum Gasteiger partial charge on any atom is 0.223 e. The second-order valence-corrected chi connectivity index (χ2v) is 2.83. The minimum atomic E-state index is 0.514. The minimum absolute atomic E-state index is 0.514. The van der Waals surface area contributed by atoms with Crippen molar-refractivity contribution in [1.29, 1.82) is 5.26 Å². The number of rotatable bonds is 1. The molecule has 0 amide bonds. The Balaban J connectivity index is 2.47. The van der Waals surface area contributed by atoms with Crippen molar-refractivity contribution in [1.82, 2.24) is 10.1 Å². The van der Waals surface area contributed by atoms with Gasteiger partial charge in [0.25, 0.3) is 0 Å². The van der Waals surface area contributed by atoms with Crippen molar-refractivity contribution >= 4 is 0 Å². The first-order valence-corrected chi connectivity index (χ1v) is 4.10. The van der Waals surface area contributed by atoms with Gasteiger partial charge in [0.2, 0.25) is 11.7 Å². The van der Waals surface area contributed by atoms with E-state index in [1.807, 2.05) is 6.07 Å². The topological polar surface area (TPSA) is 62.7 Å². The van der Waals surface area contributed by atoms with E-state index in [4.69, 9.17) is 9.78 Å². The molecule has 0 aliphatic heterocycles. The molecule has 0 unspecified atom stereocenters. The molecule has 2 rings (SSSR count). The molecule has 0 bridgehead atoms. The first-order valence-electron chi connectivity index (χ1n) is 4.10. The number of aryl methyl sites for hydroxylation is 1. The Hall–Kier alpha value is -2.15. The molecular weight excluding hydrogens is 178 g/mol. The van der Waals surface area contributed by atoms with E-state index in [9.17, 15) is 0 Å². The molecule has 2 aromatic rings. The number of nitriles is 1. The van der Waals surface area contributed by atoms with Gasteiger partial charge in [0.1, 0.15) is 0 Å². The van der Waals surface area contributed by atoms with Crippen LogP contribution in [0.25, 0.3) is 11.4 Å². The largest absolute Gasteiger partial charge is 0.339 e. The fourth-order valence-electron chi connectivity index (χ4n) is 1.14. The lowest BCUT2D eigenvalue weighted by atomic mass is 10.1. The monoisotopic (exact) mass is 185 g/mol. The van der Waals surface area contributed by atoms with Crippen LogP contribution >= 0.6 is 0 Å². The van der Waals surface area contributed by atoms with Crippen LogP contribution in [0.2, 0.25) is 0 Å². The number of benzene rings is 1. The van der Waals surface area contributed by atoms with Crippen LogP contribution in [-0.4, -0.2) is 10.1 Å². The second-order valence-electron chi connectivity index (χ2n) is 2.83. The quantitative estimate of drug-likeness (QED) is 0.680. The lowest BCUT2D eigenvalue weighted by Crippen LogP contribution is -1.82. The lowest BCUT2D eigenvalue weighted by Gasteiger charge is -1.93. The molecule has 14 heavy (non-hydrogen) atoms. The van der Waals surface area contributed by atoms with E-state index in [2.05, 4.69) is 16.2 Å². The van der Waals surface area contributed by atoms with E-state index < -0.39 is 0 Å². The van der Waals surface area contributed by atoms with E-state index in [0.717, 1.165) is 5.56 Å². The van der Waals surface area contributed by atoms with Crippen LogP contribution in [0.1, 0.15) is 11.5 Å². The summed E-state index contributed by atoms with van der Waals surface area (Å²) >= 11 is 0. The Kier molecular flexibility index (Phi) is 1.99. The Morgan fingerprint density at radius 1 is 1.43 bits per heavy atom. The second kappa shape index (κ2) is 3.30. The van der Waals surface area contributed by atoms with Crippen molar-refractivity contribution in [2.75, 3.05) is 0 Å². The summed E-state index contributed by atoms with van der Waals surface area (Å²) in [6.45, 7) is 1.73. The highest BCUT2D eigenvalue weighted by Crippen LogP contribution is 2.16. The SMILES string of the molecule is Cc1nc(-c2cccc(C#N)c2)no1. The van der Waals surface area contributed by atoms with E-state index in [1.54, 1.807) is 25.1 Å². The van der Waals surface area contributed by atoms with Crippen LogP contribution in [0.3, 0.4) is 0 Å². The Morgan fingerprint density at radius 2 is 2.29 bits per heavy atom. The van der Waals surface area contributed by atoms with Crippen LogP contribution < -0.4 is 0 Å². The molecule has 0 saturated carbocycles. The molecule has 1 aromatic heterocycles. The van der Waals surface area contributed by atoms with E-state index in [-0.39, 0.29) is 0 Å². The van der Waals surface area contributed by atoms with Gasteiger partial charge in [0.05, 0.1) is 11.6 Å². The van der Waals surface area contributed by atoms with Gasteiger partial charge in [-0.05, 0) is 12.1 Å². The third-order valence-corrected chi connectivity index (χ3v) is 1.78. The van der Waals surface area contributed by atoms with Gasteiger partial charge in [-0.15, -0.1) is 0 Å². The lowest BCUT2D eigenvalue weighted by molar-refractivity contribution is 0.394. The summed E-state index contributed by atoms with van der Waals surface area (Å²) in [4.78, 5) is 4.07. The average Bonchev–Trinajstić information content (AvgIpc) is 2.65. The summed E-state index contributed by atoms with van der Waals surface area (Å²) in [6.07, 6.45) is 0. The van der Waals surface area contributed by atoms with Gasteiger partial charge >= 0.3 is 0 Å². The number of hydrogen-bond acceptors (Lipinski definition) is 4. The number of nitrogens with zero attached hydrogens (tertiary/aromatic N) is 3. The molecule has 0 radical (unpaired) electrons. The van der Waals surface area contributed by atoms with E-state index in [0.29, 0.717) is 17.3 Å². The van der Waals surface area contributed by atoms with Crippen LogP contribution in [0, 0.1) is 18.3 Å². The molecule has 0 saturated heterocycles. The predicted octanol–water partition coefficient (Wildman–Crippen LogP) is 1.92. The van der Waals surface area contributed by atoms with Crippen LogP contribution in [0.5, 0.6) is 0 Å². The molecule has 68 valence electrons. The van der Waals surface area contributed by atoms with Crippen LogP contribution in [-0.2, 0) is 0 Å². The summed E-state index contributed by atoms with van der Waals surface area (Å²) in [6, 6.07) is 9.15. The molecule has 4 heteroatoms. The first-order chi connectivity index (χ1) is 6.79. The van der Waals surface area contributed by atoms with Crippen LogP contribution in [0.15, 0.2) is 28.8 Å². The van der Waals surface area contributed by atoms with Gasteiger partial charge in [-0.2, -0.15) is 10.2 Å². The van der Waals surface area contributed by atoms with Gasteiger partial charge in [0.15, 0.2) is 0 Å². The fourth-order valence-corrected chi connectivity index (χ4v) is 1.14. The molecule has 0 aliphatic carbocycles. The molecule has 4 nitrogen and oxygen atoms in total. The van der Waals surface area contributed by atoms with Crippen LogP contribution in [0.4, 0.5) is 0 Å². The molecule has 1 aromatic carbocycles. The molecule has 0 spiro atoms. The molecule has 1 heterocycles. The third kappa shape index (κ3) is 1.48. The summed E-state index contributed by atoms with van der Waals surface area (Å²) in [5.41, 5.74) is 1.38. The van der Waals surface area contributed by atoms with Gasteiger partial charge in [-0.3, -0.25) is 0 Å². The molecule has 0 atom stereocenters. The molecule has 0 fully saturated rings. The standard InChI is InChI=1S/C10H7N3O/c1-7-12-10(13-14-7)9-4-2-3-8(5-9)6-11/h2-5H,1H3. The highest BCUT2D eigenvalue weighted by Gasteiger charge is 2.05. The van der Waals surface area contributed by atoms with Crippen molar-refractivity contribution in [3.63, 3.8) is 0 Å². The van der Waals surface area contributed by atoms with Crippen molar-refractivity contribution in [3.05, 3.63) is 35.7 Å². The summed E-state index contributed by atoms with van der Waals surface area (Å²) < 4.78 is 4.85. The third-order valence-electron chi connectivity index (χ3n) is 1.78. The first kappa shape index (κ1) is 8.45. The van der Waals surface area contributed by atoms with E-state index in [1.165, 1.54) is 0 Å². The number of hydrogen-bond donors (Lipinski definition) is 0. The van der Waals surface area contributed by atoms with Crippen molar-refractivity contribution < 1.29 is 4.52 Å². The van der Waals surface area contributed by atoms with Crippen molar-refractivity contribution in [3.8, 4) is 17.5 Å². The molecule has 0 N–H and O–H groups in total. The fraction of sp³-hybridized carbons (Fsp3) is 0.100. The maximum atomic E-state index is 8.70. The van der Waals surface area contributed by atoms with E-state index >= 15 is 0 Å². The zero-order valence-corrected chi connectivity index (χ0v) is 7.56. The molecular formula is C10H7N3O. The zero-order chi connectivity index (χ0) is 9.97. The highest BCUT2D eigenvalue weighted by molar-refractivity contribution is 5.57. The highest BCUT2D eigenvalue weighted by atomic mass is 16.5. The Bertz CT molecular complexity index is 496. The van der Waals surface area contributed by atoms with Crippen molar-refractivity contribution in [2.45, 2.75) is 6.92 Å². The normalized spacial score (nSPS) is 9.71. The minimum Gasteiger partial charge on any atom is -0.339 e. The van der Waals surface area contributed by atoms with Gasteiger partial charge in [0, 0.05) is 12.5 Å². The smallest absolute Gasteiger partial charge is 0.223 e. The van der Waals surface area contributed by atoms with Crippen molar-refractivity contribution in [2.24, 2.45) is 0 Å². The van der Waals surface area contributed by atoms with Gasteiger partial charge in [-0.1, -0.05) is 17.3 Å². The summed E-state index contributed by atoms with van der Waals surface area (Å²) in [7, 11) is 0. The maximum absolute atomic E-state index is 8.70. The van der Waals surface area contributed by atoms with Gasteiger partial charge in [-0.25, -0.2) is 0 Å². The Morgan fingerprint density at radius 3 is 2.93 bits per heavy atom. The zero-order valence-electron chi connectivity index (χ0n) is 7.56. The molecule has 0 aliphatic rings. The average molecular weight is 185 g/mol. The summed E-state index contributed by atoms with van der Waals surface area (Å²) in [5, 5.41) is 12.5. The summed E-state index contributed by atoms with van der Waals surface area (Å²) in [5.74, 6) is 1.03. The number of aromatic nitrogens is 2. The Labute approximate surface area is 80.8 Å². The van der Waals surface area contributed by atoms with Gasteiger partial charge < -0.3 is 4.52 Å².